The van der Waals surface area contributed by atoms with Crippen molar-refractivity contribution in [3.63, 3.8) is 0 Å². The van der Waals surface area contributed by atoms with Crippen LogP contribution in [0.25, 0.3) is 10.9 Å². The van der Waals surface area contributed by atoms with Crippen LogP contribution in [-0.2, 0) is 4.74 Å². The summed E-state index contributed by atoms with van der Waals surface area (Å²) in [5, 5.41) is 0.934. The Morgan fingerprint density at radius 3 is 2.61 bits per heavy atom. The first-order valence-corrected chi connectivity index (χ1v) is 7.66. The van der Waals surface area contributed by atoms with E-state index in [1.165, 1.54) is 0 Å². The van der Waals surface area contributed by atoms with Gasteiger partial charge in [-0.2, -0.15) is 0 Å². The lowest BCUT2D eigenvalue weighted by molar-refractivity contribution is 0.00396. The number of nitrogens with zero attached hydrogens (tertiary/aromatic N) is 1. The molecule has 124 valence electrons. The van der Waals surface area contributed by atoms with E-state index in [1.54, 1.807) is 0 Å². The first-order valence-electron chi connectivity index (χ1n) is 7.66. The Kier molecular flexibility index (Phi) is 4.35. The summed E-state index contributed by atoms with van der Waals surface area (Å²) < 4.78 is 41.8. The zero-order valence-corrected chi connectivity index (χ0v) is 13.1. The molecule has 0 spiro atoms. The quantitative estimate of drug-likeness (QED) is 0.728. The minimum absolute atomic E-state index is 0.121. The molecule has 1 aromatic heterocycles. The van der Waals surface area contributed by atoms with Crippen LogP contribution in [0.2, 0.25) is 0 Å². The second-order valence-electron chi connectivity index (χ2n) is 5.55. The molecule has 4 nitrogen and oxygen atoms in total. The average molecular weight is 323 g/mol. The maximum absolute atomic E-state index is 12.7. The van der Waals surface area contributed by atoms with Crippen molar-refractivity contribution in [1.29, 1.82) is 0 Å². The maximum atomic E-state index is 12.7. The zero-order chi connectivity index (χ0) is 16.4. The lowest BCUT2D eigenvalue weighted by atomic mass is 10.2. The van der Waals surface area contributed by atoms with Crippen molar-refractivity contribution in [3.8, 4) is 11.5 Å². The fraction of sp³-hybridized carbons (Fsp3) is 0.471. The second kappa shape index (κ2) is 6.28. The molecule has 1 atom stereocenters. The van der Waals surface area contributed by atoms with Crippen molar-refractivity contribution >= 4 is 10.9 Å². The third-order valence-electron chi connectivity index (χ3n) is 3.62. The smallest absolute Gasteiger partial charge is 0.276 e. The van der Waals surface area contributed by atoms with Crippen LogP contribution >= 0.6 is 0 Å². The normalized spacial score (nSPS) is 18.9. The van der Waals surface area contributed by atoms with Gasteiger partial charge >= 0.3 is 0 Å². The molecular weight excluding hydrogens is 304 g/mol. The number of hydrogen-bond donors (Lipinski definition) is 0. The molecule has 0 bridgehead atoms. The molecule has 0 N–H and O–H groups in total. The number of halogens is 2. The maximum Gasteiger partial charge on any atom is 0.276 e. The van der Waals surface area contributed by atoms with Crippen LogP contribution in [0.4, 0.5) is 8.78 Å². The van der Waals surface area contributed by atoms with E-state index in [0.717, 1.165) is 16.6 Å². The largest absolute Gasteiger partial charge is 0.490 e. The molecule has 1 saturated carbocycles. The van der Waals surface area contributed by atoms with Crippen molar-refractivity contribution in [2.75, 3.05) is 19.8 Å². The van der Waals surface area contributed by atoms with E-state index in [-0.39, 0.29) is 19.6 Å². The van der Waals surface area contributed by atoms with Crippen molar-refractivity contribution in [1.82, 2.24) is 4.98 Å². The van der Waals surface area contributed by atoms with Gasteiger partial charge in [-0.1, -0.05) is 6.07 Å². The molecule has 0 radical (unpaired) electrons. The highest BCUT2D eigenvalue weighted by atomic mass is 19.3. The number of rotatable bonds is 7. The number of aromatic nitrogens is 1. The highest BCUT2D eigenvalue weighted by Crippen LogP contribution is 2.44. The standard InChI is InChI=1S/C17H19F2NO3/c1-3-21-15-9-13-12(5-4-11(2)20-13)8-14(15)22-6-7-23-16-10-17(16,18)19/h4-5,8-9,16H,3,6-7,10H2,1-2H3. The Labute approximate surface area is 133 Å². The van der Waals surface area contributed by atoms with E-state index < -0.39 is 12.0 Å². The summed E-state index contributed by atoms with van der Waals surface area (Å²) in [6, 6.07) is 7.56. The third-order valence-corrected chi connectivity index (χ3v) is 3.62. The van der Waals surface area contributed by atoms with E-state index in [9.17, 15) is 8.78 Å². The van der Waals surface area contributed by atoms with Gasteiger partial charge in [0.25, 0.3) is 5.92 Å². The average Bonchev–Trinajstić information content (AvgIpc) is 3.11. The summed E-state index contributed by atoms with van der Waals surface area (Å²) >= 11 is 0. The zero-order valence-electron chi connectivity index (χ0n) is 13.1. The van der Waals surface area contributed by atoms with Gasteiger partial charge in [-0.3, -0.25) is 4.98 Å². The number of fused-ring (bicyclic) bond motifs is 1. The number of aryl methyl sites for hydroxylation is 1. The summed E-state index contributed by atoms with van der Waals surface area (Å²) in [7, 11) is 0. The fourth-order valence-electron chi connectivity index (χ4n) is 2.33. The van der Waals surface area contributed by atoms with Crippen LogP contribution in [0, 0.1) is 6.92 Å². The highest BCUT2D eigenvalue weighted by molar-refractivity contribution is 5.82. The molecule has 23 heavy (non-hydrogen) atoms. The van der Waals surface area contributed by atoms with Crippen LogP contribution in [0.5, 0.6) is 11.5 Å². The summed E-state index contributed by atoms with van der Waals surface area (Å²) in [6.07, 6.45) is -1.15. The van der Waals surface area contributed by atoms with Gasteiger partial charge in [0.05, 0.1) is 18.7 Å². The Hall–Kier alpha value is -1.95. The van der Waals surface area contributed by atoms with Gasteiger partial charge in [-0.25, -0.2) is 8.78 Å². The van der Waals surface area contributed by atoms with Crippen LogP contribution in [-0.4, -0.2) is 36.8 Å². The number of benzene rings is 1. The van der Waals surface area contributed by atoms with E-state index in [4.69, 9.17) is 14.2 Å². The minimum atomic E-state index is -2.66. The predicted octanol–water partition coefficient (Wildman–Crippen LogP) is 3.74. The number of alkyl halides is 2. The number of hydrogen-bond acceptors (Lipinski definition) is 4. The van der Waals surface area contributed by atoms with Crippen LogP contribution < -0.4 is 9.47 Å². The van der Waals surface area contributed by atoms with E-state index >= 15 is 0 Å². The molecule has 1 aromatic carbocycles. The van der Waals surface area contributed by atoms with Crippen LogP contribution in [0.1, 0.15) is 19.0 Å². The van der Waals surface area contributed by atoms with E-state index in [2.05, 4.69) is 4.98 Å². The Balaban J connectivity index is 1.68. The summed E-state index contributed by atoms with van der Waals surface area (Å²) in [5.74, 6) is -1.51. The van der Waals surface area contributed by atoms with Crippen molar-refractivity contribution in [2.24, 2.45) is 0 Å². The summed E-state index contributed by atoms with van der Waals surface area (Å²) in [4.78, 5) is 4.46. The summed E-state index contributed by atoms with van der Waals surface area (Å²) in [5.41, 5.74) is 1.75. The first-order chi connectivity index (χ1) is 11.0. The second-order valence-corrected chi connectivity index (χ2v) is 5.55. The van der Waals surface area contributed by atoms with Gasteiger partial charge in [0.1, 0.15) is 12.7 Å². The molecule has 2 aromatic rings. The highest BCUT2D eigenvalue weighted by Gasteiger charge is 2.58. The molecule has 0 saturated heterocycles. The fourth-order valence-corrected chi connectivity index (χ4v) is 2.33. The topological polar surface area (TPSA) is 40.6 Å². The third kappa shape index (κ3) is 3.69. The van der Waals surface area contributed by atoms with Crippen LogP contribution in [0.15, 0.2) is 24.3 Å². The molecule has 6 heteroatoms. The van der Waals surface area contributed by atoms with Gasteiger partial charge in [0.2, 0.25) is 0 Å². The van der Waals surface area contributed by atoms with E-state index in [0.29, 0.717) is 18.1 Å². The minimum Gasteiger partial charge on any atom is -0.490 e. The molecule has 3 rings (SSSR count). The Morgan fingerprint density at radius 2 is 1.91 bits per heavy atom. The van der Waals surface area contributed by atoms with E-state index in [1.807, 2.05) is 38.1 Å². The van der Waals surface area contributed by atoms with Gasteiger partial charge < -0.3 is 14.2 Å². The monoisotopic (exact) mass is 323 g/mol. The molecule has 1 unspecified atom stereocenters. The van der Waals surface area contributed by atoms with Gasteiger partial charge in [0.15, 0.2) is 11.5 Å². The first kappa shape index (κ1) is 15.9. The molecule has 1 aliphatic carbocycles. The predicted molar refractivity (Wildman–Crippen MR) is 82.4 cm³/mol. The Morgan fingerprint density at radius 1 is 1.17 bits per heavy atom. The van der Waals surface area contributed by atoms with Crippen molar-refractivity contribution in [3.05, 3.63) is 30.0 Å². The molecule has 0 amide bonds. The molecule has 0 aliphatic heterocycles. The SMILES string of the molecule is CCOc1cc2nc(C)ccc2cc1OCCOC1CC1(F)F. The van der Waals surface area contributed by atoms with Gasteiger partial charge in [-0.05, 0) is 26.0 Å². The molecule has 1 heterocycles. The molecule has 1 fully saturated rings. The number of ether oxygens (including phenoxy) is 3. The van der Waals surface area contributed by atoms with Gasteiger partial charge in [-0.15, -0.1) is 0 Å². The lowest BCUT2D eigenvalue weighted by Gasteiger charge is -2.13. The lowest BCUT2D eigenvalue weighted by Crippen LogP contribution is -2.12. The van der Waals surface area contributed by atoms with Crippen molar-refractivity contribution < 1.29 is 23.0 Å². The van der Waals surface area contributed by atoms with Gasteiger partial charge in [0, 0.05) is 23.6 Å². The molecule has 1 aliphatic rings. The summed E-state index contributed by atoms with van der Waals surface area (Å²) in [6.45, 7) is 4.62. The van der Waals surface area contributed by atoms with Crippen molar-refractivity contribution in [2.45, 2.75) is 32.3 Å². The van der Waals surface area contributed by atoms with Crippen LogP contribution in [0.3, 0.4) is 0 Å². The molecular formula is C17H19F2NO3. The Bertz CT molecular complexity index is 706. The number of pyridine rings is 1.